The highest BCUT2D eigenvalue weighted by atomic mass is 35.5. The van der Waals surface area contributed by atoms with E-state index in [0.717, 1.165) is 33.9 Å². The molecule has 1 unspecified atom stereocenters. The summed E-state index contributed by atoms with van der Waals surface area (Å²) in [5.41, 5.74) is 6.14. The zero-order valence-corrected chi connectivity index (χ0v) is 12.4. The summed E-state index contributed by atoms with van der Waals surface area (Å²) in [5.74, 6) is 6.58. The lowest BCUT2D eigenvalue weighted by atomic mass is 9.97. The smallest absolute Gasteiger partial charge is 0.122 e. The van der Waals surface area contributed by atoms with Crippen LogP contribution in [0.3, 0.4) is 0 Å². The molecule has 0 saturated heterocycles. The minimum atomic E-state index is 0.0160. The first kappa shape index (κ1) is 14.9. The van der Waals surface area contributed by atoms with Gasteiger partial charge in [-0.05, 0) is 42.2 Å². The molecule has 20 heavy (non-hydrogen) atoms. The van der Waals surface area contributed by atoms with Gasteiger partial charge in [0.25, 0.3) is 0 Å². The van der Waals surface area contributed by atoms with Crippen molar-refractivity contribution in [3.05, 3.63) is 64.2 Å². The van der Waals surface area contributed by atoms with Crippen LogP contribution in [0.15, 0.2) is 42.5 Å². The molecular formula is C16H19ClN2O. The zero-order chi connectivity index (χ0) is 14.5. The molecule has 0 radical (unpaired) electrons. The van der Waals surface area contributed by atoms with Crippen molar-refractivity contribution >= 4 is 11.6 Å². The highest BCUT2D eigenvalue weighted by Crippen LogP contribution is 2.26. The van der Waals surface area contributed by atoms with E-state index in [1.807, 2.05) is 43.3 Å². The Morgan fingerprint density at radius 2 is 2.00 bits per heavy atom. The minimum Gasteiger partial charge on any atom is -0.496 e. The summed E-state index contributed by atoms with van der Waals surface area (Å²) in [7, 11) is 1.68. The number of methoxy groups -OCH3 is 1. The Hall–Kier alpha value is -1.55. The number of ether oxygens (including phenoxy) is 1. The Bertz CT molecular complexity index is 586. The van der Waals surface area contributed by atoms with E-state index in [2.05, 4.69) is 11.5 Å². The van der Waals surface area contributed by atoms with Gasteiger partial charge < -0.3 is 4.74 Å². The van der Waals surface area contributed by atoms with Gasteiger partial charge in [-0.3, -0.25) is 11.3 Å². The topological polar surface area (TPSA) is 47.3 Å². The number of hydrogen-bond acceptors (Lipinski definition) is 3. The van der Waals surface area contributed by atoms with Gasteiger partial charge >= 0.3 is 0 Å². The SMILES string of the molecule is COc1ccccc1CC(NN)c1ccc(Cl)c(C)c1. The first-order valence-electron chi connectivity index (χ1n) is 6.49. The molecule has 0 fully saturated rings. The van der Waals surface area contributed by atoms with E-state index in [0.29, 0.717) is 0 Å². The van der Waals surface area contributed by atoms with Crippen LogP contribution in [-0.4, -0.2) is 7.11 Å². The van der Waals surface area contributed by atoms with Crippen molar-refractivity contribution in [3.63, 3.8) is 0 Å². The van der Waals surface area contributed by atoms with E-state index >= 15 is 0 Å². The van der Waals surface area contributed by atoms with Crippen molar-refractivity contribution in [1.29, 1.82) is 0 Å². The fourth-order valence-corrected chi connectivity index (χ4v) is 2.37. The second-order valence-corrected chi connectivity index (χ2v) is 5.15. The van der Waals surface area contributed by atoms with Gasteiger partial charge in [-0.2, -0.15) is 0 Å². The average molecular weight is 291 g/mol. The predicted molar refractivity (Wildman–Crippen MR) is 83.0 cm³/mol. The first-order valence-corrected chi connectivity index (χ1v) is 6.87. The maximum absolute atomic E-state index is 6.06. The minimum absolute atomic E-state index is 0.0160. The lowest BCUT2D eigenvalue weighted by Crippen LogP contribution is -2.29. The van der Waals surface area contributed by atoms with Crippen LogP contribution in [0.1, 0.15) is 22.7 Å². The molecule has 3 nitrogen and oxygen atoms in total. The number of halogens is 1. The van der Waals surface area contributed by atoms with Crippen molar-refractivity contribution < 1.29 is 4.74 Å². The fourth-order valence-electron chi connectivity index (χ4n) is 2.25. The van der Waals surface area contributed by atoms with Crippen LogP contribution in [0.5, 0.6) is 5.75 Å². The number of nitrogens with one attached hydrogen (secondary N) is 1. The second-order valence-electron chi connectivity index (χ2n) is 4.74. The Morgan fingerprint density at radius 3 is 2.65 bits per heavy atom. The van der Waals surface area contributed by atoms with Gasteiger partial charge in [0.1, 0.15) is 5.75 Å². The number of aryl methyl sites for hydroxylation is 1. The molecule has 3 N–H and O–H groups in total. The van der Waals surface area contributed by atoms with Crippen LogP contribution in [0, 0.1) is 6.92 Å². The third-order valence-corrected chi connectivity index (χ3v) is 3.83. The van der Waals surface area contributed by atoms with E-state index in [1.165, 1.54) is 0 Å². The summed E-state index contributed by atoms with van der Waals surface area (Å²) in [6.07, 6.45) is 0.752. The third kappa shape index (κ3) is 3.31. The largest absolute Gasteiger partial charge is 0.496 e. The molecule has 0 aromatic heterocycles. The second kappa shape index (κ2) is 6.75. The maximum Gasteiger partial charge on any atom is 0.122 e. The Labute approximate surface area is 124 Å². The fraction of sp³-hybridized carbons (Fsp3) is 0.250. The maximum atomic E-state index is 6.06. The summed E-state index contributed by atoms with van der Waals surface area (Å²) in [4.78, 5) is 0. The van der Waals surface area contributed by atoms with Gasteiger partial charge in [0.05, 0.1) is 13.2 Å². The van der Waals surface area contributed by atoms with Crippen molar-refractivity contribution in [2.45, 2.75) is 19.4 Å². The summed E-state index contributed by atoms with van der Waals surface area (Å²) >= 11 is 6.06. The highest BCUT2D eigenvalue weighted by molar-refractivity contribution is 6.31. The lowest BCUT2D eigenvalue weighted by Gasteiger charge is -2.18. The third-order valence-electron chi connectivity index (χ3n) is 3.40. The number of hydrogen-bond donors (Lipinski definition) is 2. The average Bonchev–Trinajstić information content (AvgIpc) is 2.48. The molecule has 2 aromatic carbocycles. The number of benzene rings is 2. The van der Waals surface area contributed by atoms with Gasteiger partial charge in [-0.25, -0.2) is 0 Å². The number of nitrogens with two attached hydrogens (primary N) is 1. The van der Waals surface area contributed by atoms with Crippen molar-refractivity contribution in [3.8, 4) is 5.75 Å². The highest BCUT2D eigenvalue weighted by Gasteiger charge is 2.14. The monoisotopic (exact) mass is 290 g/mol. The first-order chi connectivity index (χ1) is 9.65. The number of hydrazine groups is 1. The van der Waals surface area contributed by atoms with Gasteiger partial charge in [0, 0.05) is 5.02 Å². The Morgan fingerprint density at radius 1 is 1.25 bits per heavy atom. The molecule has 1 atom stereocenters. The molecule has 0 amide bonds. The van der Waals surface area contributed by atoms with Crippen molar-refractivity contribution in [1.82, 2.24) is 5.43 Å². The van der Waals surface area contributed by atoms with Crippen LogP contribution >= 0.6 is 11.6 Å². The van der Waals surface area contributed by atoms with E-state index in [9.17, 15) is 0 Å². The normalized spacial score (nSPS) is 12.2. The van der Waals surface area contributed by atoms with E-state index in [4.69, 9.17) is 22.2 Å². The molecule has 0 bridgehead atoms. The zero-order valence-electron chi connectivity index (χ0n) is 11.7. The van der Waals surface area contributed by atoms with Crippen LogP contribution < -0.4 is 16.0 Å². The molecule has 0 heterocycles. The van der Waals surface area contributed by atoms with Crippen LogP contribution in [0.4, 0.5) is 0 Å². The van der Waals surface area contributed by atoms with Gasteiger partial charge in [0.2, 0.25) is 0 Å². The quantitative estimate of drug-likeness (QED) is 0.655. The number of rotatable bonds is 5. The van der Waals surface area contributed by atoms with E-state index in [1.54, 1.807) is 7.11 Å². The lowest BCUT2D eigenvalue weighted by molar-refractivity contribution is 0.405. The molecule has 0 aliphatic rings. The van der Waals surface area contributed by atoms with Crippen molar-refractivity contribution in [2.75, 3.05) is 7.11 Å². The van der Waals surface area contributed by atoms with Gasteiger partial charge in [-0.1, -0.05) is 41.9 Å². The molecule has 2 rings (SSSR count). The Kier molecular flexibility index (Phi) is 5.01. The number of para-hydroxylation sites is 1. The summed E-state index contributed by atoms with van der Waals surface area (Å²) in [5, 5.41) is 0.766. The van der Waals surface area contributed by atoms with Crippen LogP contribution in [0.25, 0.3) is 0 Å². The molecule has 2 aromatic rings. The van der Waals surface area contributed by atoms with E-state index in [-0.39, 0.29) is 6.04 Å². The molecule has 106 valence electrons. The van der Waals surface area contributed by atoms with Crippen LogP contribution in [0.2, 0.25) is 5.02 Å². The molecular weight excluding hydrogens is 272 g/mol. The molecule has 4 heteroatoms. The van der Waals surface area contributed by atoms with E-state index < -0.39 is 0 Å². The molecule has 0 aliphatic carbocycles. The van der Waals surface area contributed by atoms with Crippen LogP contribution in [-0.2, 0) is 6.42 Å². The summed E-state index contributed by atoms with van der Waals surface area (Å²) in [6, 6.07) is 13.9. The molecule has 0 spiro atoms. The summed E-state index contributed by atoms with van der Waals surface area (Å²) in [6.45, 7) is 1.99. The van der Waals surface area contributed by atoms with Gasteiger partial charge in [-0.15, -0.1) is 0 Å². The standard InChI is InChI=1S/C16H19ClN2O/c1-11-9-12(7-8-14(11)17)15(19-18)10-13-5-3-4-6-16(13)20-2/h3-9,15,19H,10,18H2,1-2H3. The predicted octanol–water partition coefficient (Wildman–Crippen LogP) is 3.40. The summed E-state index contributed by atoms with van der Waals surface area (Å²) < 4.78 is 5.38. The van der Waals surface area contributed by atoms with Gasteiger partial charge in [0.15, 0.2) is 0 Å². The Balaban J connectivity index is 2.26. The molecule has 0 aliphatic heterocycles. The molecule has 0 saturated carbocycles. The van der Waals surface area contributed by atoms with Crippen molar-refractivity contribution in [2.24, 2.45) is 5.84 Å².